The lowest BCUT2D eigenvalue weighted by molar-refractivity contribution is -0.140. The van der Waals surface area contributed by atoms with Gasteiger partial charge in [-0.15, -0.1) is 0 Å². The topological polar surface area (TPSA) is 55.1 Å². The van der Waals surface area contributed by atoms with Crippen LogP contribution in [-0.4, -0.2) is 19.0 Å². The van der Waals surface area contributed by atoms with Gasteiger partial charge in [0.15, 0.2) is 0 Å². The number of nitrogens with one attached hydrogen (secondary N) is 1. The molecule has 0 fully saturated rings. The van der Waals surface area contributed by atoms with Gasteiger partial charge >= 0.3 is 6.18 Å². The third-order valence-corrected chi connectivity index (χ3v) is 2.06. The number of amides is 1. The second-order valence-corrected chi connectivity index (χ2v) is 3.48. The van der Waals surface area contributed by atoms with Crippen LogP contribution >= 0.6 is 0 Å². The number of halogens is 4. The van der Waals surface area contributed by atoms with Crippen molar-refractivity contribution in [3.8, 4) is 11.8 Å². The van der Waals surface area contributed by atoms with E-state index in [1.165, 1.54) is 0 Å². The number of rotatable bonds is 2. The molecule has 0 aliphatic heterocycles. The highest BCUT2D eigenvalue weighted by molar-refractivity contribution is 5.77. The van der Waals surface area contributed by atoms with E-state index in [0.717, 1.165) is 6.07 Å². The van der Waals surface area contributed by atoms with E-state index in [-0.39, 0.29) is 18.7 Å². The van der Waals surface area contributed by atoms with Crippen LogP contribution < -0.4 is 11.1 Å². The summed E-state index contributed by atoms with van der Waals surface area (Å²) in [4.78, 5) is 10.8. The summed E-state index contributed by atoms with van der Waals surface area (Å²) >= 11 is 0. The SMILES string of the molecule is NCC(=O)NCC#Cc1ccc(F)c(C(F)(F)F)c1. The van der Waals surface area contributed by atoms with Crippen LogP contribution in [0, 0.1) is 17.7 Å². The normalized spacial score (nSPS) is 10.6. The fraction of sp³-hybridized carbons (Fsp3) is 0.250. The molecule has 1 amide bonds. The van der Waals surface area contributed by atoms with Crippen molar-refractivity contribution in [2.24, 2.45) is 5.73 Å². The standard InChI is InChI=1S/C12H10F4N2O/c13-10-4-3-8(6-9(10)12(14,15)16)2-1-5-18-11(19)7-17/h3-4,6H,5,7,17H2,(H,18,19). The van der Waals surface area contributed by atoms with E-state index in [1.807, 2.05) is 0 Å². The quantitative estimate of drug-likeness (QED) is 0.630. The molecule has 0 aliphatic carbocycles. The van der Waals surface area contributed by atoms with Crippen LogP contribution in [0.25, 0.3) is 0 Å². The monoisotopic (exact) mass is 274 g/mol. The van der Waals surface area contributed by atoms with E-state index in [4.69, 9.17) is 5.73 Å². The van der Waals surface area contributed by atoms with Crippen molar-refractivity contribution in [1.29, 1.82) is 0 Å². The van der Waals surface area contributed by atoms with Gasteiger partial charge in [-0.1, -0.05) is 11.8 Å². The fourth-order valence-electron chi connectivity index (χ4n) is 1.18. The number of carbonyl (C=O) groups excluding carboxylic acids is 1. The largest absolute Gasteiger partial charge is 0.419 e. The molecule has 3 nitrogen and oxygen atoms in total. The number of nitrogens with two attached hydrogens (primary N) is 1. The Morgan fingerprint density at radius 1 is 1.37 bits per heavy atom. The molecule has 7 heteroatoms. The average Bonchev–Trinajstić information content (AvgIpc) is 2.34. The van der Waals surface area contributed by atoms with Gasteiger partial charge in [0.2, 0.25) is 5.91 Å². The Labute approximate surface area is 106 Å². The van der Waals surface area contributed by atoms with Crippen molar-refractivity contribution >= 4 is 5.91 Å². The van der Waals surface area contributed by atoms with Gasteiger partial charge in [0.1, 0.15) is 5.82 Å². The molecule has 0 heterocycles. The molecule has 19 heavy (non-hydrogen) atoms. The second kappa shape index (κ2) is 6.20. The third kappa shape index (κ3) is 4.60. The van der Waals surface area contributed by atoms with E-state index in [1.54, 1.807) is 0 Å². The van der Waals surface area contributed by atoms with Crippen molar-refractivity contribution in [3.63, 3.8) is 0 Å². The Hall–Kier alpha value is -2.07. The predicted molar refractivity (Wildman–Crippen MR) is 60.3 cm³/mol. The first-order valence-corrected chi connectivity index (χ1v) is 5.17. The first kappa shape index (κ1) is 15.0. The molecule has 0 aliphatic rings. The van der Waals surface area contributed by atoms with Crippen LogP contribution in [0.5, 0.6) is 0 Å². The molecule has 0 saturated heterocycles. The number of hydrogen-bond acceptors (Lipinski definition) is 2. The number of carbonyl (C=O) groups is 1. The van der Waals surface area contributed by atoms with Gasteiger partial charge in [0.05, 0.1) is 18.7 Å². The Kier molecular flexibility index (Phi) is 4.89. The minimum atomic E-state index is -4.77. The Balaban J connectivity index is 2.81. The first-order chi connectivity index (χ1) is 8.84. The number of alkyl halides is 3. The summed E-state index contributed by atoms with van der Waals surface area (Å²) in [5.41, 5.74) is 3.66. The van der Waals surface area contributed by atoms with E-state index in [2.05, 4.69) is 17.2 Å². The van der Waals surface area contributed by atoms with Gasteiger partial charge in [-0.2, -0.15) is 13.2 Å². The zero-order valence-corrected chi connectivity index (χ0v) is 9.64. The molecular weight excluding hydrogens is 264 g/mol. The van der Waals surface area contributed by atoms with E-state index >= 15 is 0 Å². The number of hydrogen-bond donors (Lipinski definition) is 2. The molecule has 0 aromatic heterocycles. The van der Waals surface area contributed by atoms with Gasteiger partial charge in [0, 0.05) is 5.56 Å². The van der Waals surface area contributed by atoms with Crippen LogP contribution in [0.15, 0.2) is 18.2 Å². The van der Waals surface area contributed by atoms with E-state index < -0.39 is 23.5 Å². The van der Waals surface area contributed by atoms with Crippen molar-refractivity contribution in [2.45, 2.75) is 6.18 Å². The summed E-state index contributed by atoms with van der Waals surface area (Å²) in [6.07, 6.45) is -4.77. The molecule has 1 aromatic rings. The lowest BCUT2D eigenvalue weighted by Gasteiger charge is -2.07. The molecule has 0 saturated carbocycles. The Morgan fingerprint density at radius 2 is 2.05 bits per heavy atom. The highest BCUT2D eigenvalue weighted by atomic mass is 19.4. The Morgan fingerprint density at radius 3 is 2.63 bits per heavy atom. The smallest absolute Gasteiger partial charge is 0.344 e. The van der Waals surface area contributed by atoms with Crippen molar-refractivity contribution in [1.82, 2.24) is 5.32 Å². The molecule has 0 unspecified atom stereocenters. The predicted octanol–water partition coefficient (Wildman–Crippen LogP) is 1.27. The maximum absolute atomic E-state index is 13.0. The molecule has 3 N–H and O–H groups in total. The number of benzene rings is 1. The molecule has 102 valence electrons. The minimum absolute atomic E-state index is 0.00993. The molecule has 0 atom stereocenters. The highest BCUT2D eigenvalue weighted by Crippen LogP contribution is 2.31. The highest BCUT2D eigenvalue weighted by Gasteiger charge is 2.34. The van der Waals surface area contributed by atoms with Crippen molar-refractivity contribution in [3.05, 3.63) is 35.1 Å². The van der Waals surface area contributed by atoms with Crippen LogP contribution in [0.2, 0.25) is 0 Å². The summed E-state index contributed by atoms with van der Waals surface area (Å²) in [5.74, 6) is 3.05. The zero-order chi connectivity index (χ0) is 14.5. The lowest BCUT2D eigenvalue weighted by atomic mass is 10.1. The van der Waals surface area contributed by atoms with Gasteiger partial charge in [-0.3, -0.25) is 4.79 Å². The fourth-order valence-corrected chi connectivity index (χ4v) is 1.18. The summed E-state index contributed by atoms with van der Waals surface area (Å²) in [6.45, 7) is -0.245. The summed E-state index contributed by atoms with van der Waals surface area (Å²) < 4.78 is 50.2. The molecule has 0 bridgehead atoms. The van der Waals surface area contributed by atoms with Crippen molar-refractivity contribution < 1.29 is 22.4 Å². The molecule has 1 rings (SSSR count). The van der Waals surface area contributed by atoms with Gasteiger partial charge < -0.3 is 11.1 Å². The molecule has 0 spiro atoms. The maximum Gasteiger partial charge on any atom is 0.419 e. The molecule has 1 aromatic carbocycles. The van der Waals surface area contributed by atoms with Gasteiger partial charge in [-0.25, -0.2) is 4.39 Å². The first-order valence-electron chi connectivity index (χ1n) is 5.17. The summed E-state index contributed by atoms with van der Waals surface area (Å²) in [6, 6.07) is 2.45. The maximum atomic E-state index is 13.0. The summed E-state index contributed by atoms with van der Waals surface area (Å²) in [7, 11) is 0. The van der Waals surface area contributed by atoms with Crippen LogP contribution in [0.3, 0.4) is 0 Å². The molecular formula is C12H10F4N2O. The van der Waals surface area contributed by atoms with E-state index in [0.29, 0.717) is 12.1 Å². The Bertz CT molecular complexity index is 529. The molecule has 0 radical (unpaired) electrons. The van der Waals surface area contributed by atoms with Crippen LogP contribution in [-0.2, 0) is 11.0 Å². The van der Waals surface area contributed by atoms with Crippen LogP contribution in [0.4, 0.5) is 17.6 Å². The van der Waals surface area contributed by atoms with Gasteiger partial charge in [-0.05, 0) is 18.2 Å². The summed E-state index contributed by atoms with van der Waals surface area (Å²) in [5, 5.41) is 2.32. The van der Waals surface area contributed by atoms with Crippen molar-refractivity contribution in [2.75, 3.05) is 13.1 Å². The third-order valence-electron chi connectivity index (χ3n) is 2.06. The van der Waals surface area contributed by atoms with Gasteiger partial charge in [0.25, 0.3) is 0 Å². The average molecular weight is 274 g/mol. The lowest BCUT2D eigenvalue weighted by Crippen LogP contribution is -2.30. The second-order valence-electron chi connectivity index (χ2n) is 3.48. The zero-order valence-electron chi connectivity index (χ0n) is 9.64. The minimum Gasteiger partial charge on any atom is -0.344 e. The van der Waals surface area contributed by atoms with E-state index in [9.17, 15) is 22.4 Å². The van der Waals surface area contributed by atoms with Crippen LogP contribution in [0.1, 0.15) is 11.1 Å².